The summed E-state index contributed by atoms with van der Waals surface area (Å²) in [4.78, 5) is 0. The van der Waals surface area contributed by atoms with Gasteiger partial charge < -0.3 is 10.2 Å². The predicted molar refractivity (Wildman–Crippen MR) is 69.2 cm³/mol. The Kier molecular flexibility index (Phi) is 2.08. The van der Waals surface area contributed by atoms with Crippen molar-refractivity contribution in [3.63, 3.8) is 0 Å². The van der Waals surface area contributed by atoms with Gasteiger partial charge in [0.1, 0.15) is 0 Å². The molecule has 2 bridgehead atoms. The molecule has 0 spiro atoms. The highest BCUT2D eigenvalue weighted by molar-refractivity contribution is 5.46. The van der Waals surface area contributed by atoms with Gasteiger partial charge in [0.15, 0.2) is 0 Å². The molecular weight excluding hydrogens is 224 g/mol. The van der Waals surface area contributed by atoms with Crippen LogP contribution >= 0.6 is 0 Å². The number of rotatable bonds is 0. The molecule has 2 unspecified atom stereocenters. The Balaban J connectivity index is 1.95. The van der Waals surface area contributed by atoms with E-state index in [9.17, 15) is 10.2 Å². The van der Waals surface area contributed by atoms with E-state index in [1.807, 2.05) is 12.1 Å². The smallest absolute Gasteiger partial charge is 0.0879 e. The third-order valence-electron chi connectivity index (χ3n) is 4.85. The number of hydrogen-bond donors (Lipinski definition) is 2. The first-order valence-corrected chi connectivity index (χ1v) is 6.59. The summed E-state index contributed by atoms with van der Waals surface area (Å²) in [5.74, 6) is 0.724. The zero-order chi connectivity index (χ0) is 12.3. The molecule has 0 radical (unpaired) electrons. The Labute approximate surface area is 106 Å². The Morgan fingerprint density at radius 1 is 0.722 bits per heavy atom. The maximum Gasteiger partial charge on any atom is 0.0879 e. The van der Waals surface area contributed by atoms with Crippen molar-refractivity contribution in [2.24, 2.45) is 11.8 Å². The van der Waals surface area contributed by atoms with Crippen molar-refractivity contribution in [1.29, 1.82) is 0 Å². The topological polar surface area (TPSA) is 40.5 Å². The zero-order valence-corrected chi connectivity index (χ0v) is 9.98. The van der Waals surface area contributed by atoms with Crippen LogP contribution in [0.5, 0.6) is 0 Å². The fraction of sp³-hybridized carbons (Fsp3) is 0.375. The summed E-state index contributed by atoms with van der Waals surface area (Å²) < 4.78 is 0. The van der Waals surface area contributed by atoms with Gasteiger partial charge in [-0.25, -0.2) is 0 Å². The summed E-state index contributed by atoms with van der Waals surface area (Å²) in [5.41, 5.74) is 2.45. The molecule has 2 heteroatoms. The average molecular weight is 240 g/mol. The molecule has 1 saturated carbocycles. The van der Waals surface area contributed by atoms with E-state index in [-0.39, 0.29) is 11.8 Å². The van der Waals surface area contributed by atoms with Crippen molar-refractivity contribution in [3.8, 4) is 0 Å². The van der Waals surface area contributed by atoms with Crippen LogP contribution in [0.3, 0.4) is 0 Å². The van der Waals surface area contributed by atoms with E-state index in [0.717, 1.165) is 0 Å². The highest BCUT2D eigenvalue weighted by Gasteiger charge is 2.54. The molecule has 18 heavy (non-hydrogen) atoms. The Bertz CT molecular complexity index is 497. The maximum atomic E-state index is 10.3. The quantitative estimate of drug-likeness (QED) is 0.728. The van der Waals surface area contributed by atoms with Crippen LogP contribution in [0.4, 0.5) is 0 Å². The molecule has 1 fully saturated rings. The lowest BCUT2D eigenvalue weighted by atomic mass is 9.53. The minimum absolute atomic E-state index is 0.0346. The largest absolute Gasteiger partial charge is 0.390 e. The Hall–Kier alpha value is -1.38. The molecule has 0 heterocycles. The fourth-order valence-corrected chi connectivity index (χ4v) is 4.14. The molecule has 1 aromatic carbocycles. The first-order valence-electron chi connectivity index (χ1n) is 6.59. The van der Waals surface area contributed by atoms with E-state index in [0.29, 0.717) is 11.8 Å². The second kappa shape index (κ2) is 3.56. The summed E-state index contributed by atoms with van der Waals surface area (Å²) in [6.07, 6.45) is 7.22. The number of allylic oxidation sites excluding steroid dienone is 4. The summed E-state index contributed by atoms with van der Waals surface area (Å²) in [6, 6.07) is 8.25. The van der Waals surface area contributed by atoms with Gasteiger partial charge in [-0.15, -0.1) is 0 Å². The van der Waals surface area contributed by atoms with Crippen molar-refractivity contribution in [3.05, 3.63) is 59.7 Å². The highest BCUT2D eigenvalue weighted by atomic mass is 16.3. The van der Waals surface area contributed by atoms with E-state index in [1.165, 1.54) is 11.1 Å². The van der Waals surface area contributed by atoms with Crippen LogP contribution in [0.2, 0.25) is 0 Å². The molecule has 5 rings (SSSR count). The van der Waals surface area contributed by atoms with Gasteiger partial charge in [0.05, 0.1) is 12.2 Å². The van der Waals surface area contributed by atoms with Gasteiger partial charge in [0.2, 0.25) is 0 Å². The number of aliphatic hydroxyl groups excluding tert-OH is 2. The number of hydrogen-bond acceptors (Lipinski definition) is 2. The Morgan fingerprint density at radius 2 is 1.17 bits per heavy atom. The molecular formula is C16H16O2. The van der Waals surface area contributed by atoms with Crippen LogP contribution in [-0.2, 0) is 0 Å². The lowest BCUT2D eigenvalue weighted by molar-refractivity contribution is -0.0740. The molecule has 4 aliphatic carbocycles. The van der Waals surface area contributed by atoms with Crippen LogP contribution in [-0.4, -0.2) is 22.4 Å². The summed E-state index contributed by atoms with van der Waals surface area (Å²) in [5, 5.41) is 20.7. The van der Waals surface area contributed by atoms with Gasteiger partial charge in [-0.05, 0) is 23.0 Å². The molecule has 1 aromatic rings. The van der Waals surface area contributed by atoms with Crippen molar-refractivity contribution in [1.82, 2.24) is 0 Å². The maximum absolute atomic E-state index is 10.3. The van der Waals surface area contributed by atoms with E-state index in [4.69, 9.17) is 0 Å². The summed E-state index contributed by atoms with van der Waals surface area (Å²) >= 11 is 0. The monoisotopic (exact) mass is 240 g/mol. The first-order chi connectivity index (χ1) is 8.79. The van der Waals surface area contributed by atoms with Crippen molar-refractivity contribution < 1.29 is 10.2 Å². The second-order valence-electron chi connectivity index (χ2n) is 5.59. The van der Waals surface area contributed by atoms with E-state index in [2.05, 4.69) is 36.4 Å². The van der Waals surface area contributed by atoms with Crippen LogP contribution in [0.1, 0.15) is 23.0 Å². The van der Waals surface area contributed by atoms with Gasteiger partial charge >= 0.3 is 0 Å². The summed E-state index contributed by atoms with van der Waals surface area (Å²) in [6.45, 7) is 0. The number of fused-ring (bicyclic) bond motifs is 1. The zero-order valence-electron chi connectivity index (χ0n) is 9.98. The summed E-state index contributed by atoms with van der Waals surface area (Å²) in [7, 11) is 0. The lowest BCUT2D eigenvalue weighted by Crippen LogP contribution is -2.54. The van der Waals surface area contributed by atoms with E-state index < -0.39 is 12.2 Å². The molecule has 0 aliphatic heterocycles. The molecule has 0 amide bonds. The minimum atomic E-state index is -0.637. The molecule has 0 saturated heterocycles. The van der Waals surface area contributed by atoms with Crippen LogP contribution in [0.25, 0.3) is 0 Å². The van der Waals surface area contributed by atoms with Gasteiger partial charge in [-0.1, -0.05) is 48.6 Å². The molecule has 2 nitrogen and oxygen atoms in total. The SMILES string of the molecule is O[C@@H]1[C@H](O)[C@H]2c3ccccc3[C@H]1C1C=CC=CC12. The van der Waals surface area contributed by atoms with Gasteiger partial charge in [0, 0.05) is 11.8 Å². The molecule has 92 valence electrons. The first kappa shape index (κ1) is 10.5. The predicted octanol–water partition coefficient (Wildman–Crippen LogP) is 1.96. The third kappa shape index (κ3) is 1.15. The van der Waals surface area contributed by atoms with Crippen molar-refractivity contribution in [2.45, 2.75) is 24.0 Å². The van der Waals surface area contributed by atoms with Gasteiger partial charge in [-0.2, -0.15) is 0 Å². The highest BCUT2D eigenvalue weighted by Crippen LogP contribution is 2.57. The van der Waals surface area contributed by atoms with E-state index in [1.54, 1.807) is 0 Å². The minimum Gasteiger partial charge on any atom is -0.390 e. The van der Waals surface area contributed by atoms with Crippen molar-refractivity contribution in [2.75, 3.05) is 0 Å². The molecule has 0 aromatic heterocycles. The molecule has 6 atom stereocenters. The standard InChI is InChI=1S/C16H16O2/c17-15-13-9-5-1-2-6-10(9)14(16(15)18)12-8-4-3-7-11(12)13/h1-10,13-18H/t9?,10?,13-,14-,15-,16+/m1/s1. The number of aliphatic hydroxyl groups is 2. The van der Waals surface area contributed by atoms with E-state index >= 15 is 0 Å². The average Bonchev–Trinajstić information content (AvgIpc) is 2.42. The third-order valence-corrected chi connectivity index (χ3v) is 4.85. The van der Waals surface area contributed by atoms with Gasteiger partial charge in [-0.3, -0.25) is 0 Å². The molecule has 4 aliphatic rings. The Morgan fingerprint density at radius 3 is 1.61 bits per heavy atom. The number of benzene rings is 1. The fourth-order valence-electron chi connectivity index (χ4n) is 4.14. The van der Waals surface area contributed by atoms with Crippen LogP contribution in [0, 0.1) is 11.8 Å². The molecule has 2 N–H and O–H groups in total. The second-order valence-corrected chi connectivity index (χ2v) is 5.59. The van der Waals surface area contributed by atoms with Crippen molar-refractivity contribution >= 4 is 0 Å². The van der Waals surface area contributed by atoms with Gasteiger partial charge in [0.25, 0.3) is 0 Å². The lowest BCUT2D eigenvalue weighted by Gasteiger charge is -2.53. The van der Waals surface area contributed by atoms with Crippen LogP contribution < -0.4 is 0 Å². The normalized spacial score (nSPS) is 43.7. The van der Waals surface area contributed by atoms with Crippen LogP contribution in [0.15, 0.2) is 48.6 Å².